The van der Waals surface area contributed by atoms with Gasteiger partial charge in [-0.05, 0) is 12.1 Å². The van der Waals surface area contributed by atoms with Gasteiger partial charge in [0.2, 0.25) is 0 Å². The van der Waals surface area contributed by atoms with E-state index in [-0.39, 0.29) is 5.91 Å². The number of nitrogens with zero attached hydrogens (tertiary/aromatic N) is 1. The molecule has 0 radical (unpaired) electrons. The molecule has 0 aliphatic rings. The lowest BCUT2D eigenvalue weighted by Gasteiger charge is -2.09. The number of aromatic nitrogens is 1. The van der Waals surface area contributed by atoms with Gasteiger partial charge in [-0.25, -0.2) is 0 Å². The molecule has 0 saturated heterocycles. The number of ether oxygens (including phenoxy) is 2. The maximum atomic E-state index is 12.1. The van der Waals surface area contributed by atoms with Gasteiger partial charge in [0, 0.05) is 35.7 Å². The molecule has 1 aromatic heterocycles. The van der Waals surface area contributed by atoms with E-state index >= 15 is 0 Å². The van der Waals surface area contributed by atoms with Gasteiger partial charge < -0.3 is 14.8 Å². The molecule has 106 valence electrons. The highest BCUT2D eigenvalue weighted by Crippen LogP contribution is 2.22. The molecule has 0 saturated carbocycles. The zero-order valence-corrected chi connectivity index (χ0v) is 12.2. The van der Waals surface area contributed by atoms with Crippen LogP contribution >= 0.6 is 11.3 Å². The van der Waals surface area contributed by atoms with Crippen LogP contribution in [0.2, 0.25) is 0 Å². The summed E-state index contributed by atoms with van der Waals surface area (Å²) in [6.07, 6.45) is 2.59. The van der Waals surface area contributed by atoms with E-state index in [0.717, 1.165) is 11.3 Å². The molecular formula is C14H16N2O3S. The van der Waals surface area contributed by atoms with Crippen molar-refractivity contribution in [3.05, 3.63) is 40.3 Å². The minimum atomic E-state index is -0.147. The predicted octanol–water partition coefficient (Wildman–Crippen LogP) is 2.13. The summed E-state index contributed by atoms with van der Waals surface area (Å²) < 4.78 is 10.3. The quantitative estimate of drug-likeness (QED) is 0.886. The maximum absolute atomic E-state index is 12.1. The van der Waals surface area contributed by atoms with Crippen LogP contribution in [-0.4, -0.2) is 31.7 Å². The Kier molecular flexibility index (Phi) is 4.95. The van der Waals surface area contributed by atoms with E-state index in [1.807, 2.05) is 6.20 Å². The molecule has 0 atom stereocenters. The average molecular weight is 292 g/mol. The van der Waals surface area contributed by atoms with Crippen LogP contribution in [0.15, 0.2) is 29.9 Å². The van der Waals surface area contributed by atoms with E-state index in [0.29, 0.717) is 23.6 Å². The standard InChI is InChI=1S/C14H16N2O3S/c1-18-11-5-10(6-12(7-11)19-2)14(17)16-4-3-13-8-15-9-20-13/h5-9H,3-4H2,1-2H3,(H,16,17). The number of carbonyl (C=O) groups is 1. The third-order valence-electron chi connectivity index (χ3n) is 2.75. The molecule has 2 rings (SSSR count). The normalized spacial score (nSPS) is 10.1. The van der Waals surface area contributed by atoms with Crippen molar-refractivity contribution in [3.8, 4) is 11.5 Å². The van der Waals surface area contributed by atoms with Crippen molar-refractivity contribution in [2.24, 2.45) is 0 Å². The zero-order chi connectivity index (χ0) is 14.4. The number of rotatable bonds is 6. The Morgan fingerprint density at radius 3 is 2.50 bits per heavy atom. The first-order valence-electron chi connectivity index (χ1n) is 6.11. The number of nitrogens with one attached hydrogen (secondary N) is 1. The molecule has 0 bridgehead atoms. The maximum Gasteiger partial charge on any atom is 0.251 e. The van der Waals surface area contributed by atoms with Crippen LogP contribution < -0.4 is 14.8 Å². The fraction of sp³-hybridized carbons (Fsp3) is 0.286. The Hall–Kier alpha value is -2.08. The summed E-state index contributed by atoms with van der Waals surface area (Å²) in [7, 11) is 3.11. The largest absolute Gasteiger partial charge is 0.497 e. The summed E-state index contributed by atoms with van der Waals surface area (Å²) >= 11 is 1.58. The minimum Gasteiger partial charge on any atom is -0.497 e. The van der Waals surface area contributed by atoms with Gasteiger partial charge in [0.05, 0.1) is 19.7 Å². The second-order valence-corrected chi connectivity index (χ2v) is 5.05. The van der Waals surface area contributed by atoms with Gasteiger partial charge in [0.15, 0.2) is 0 Å². The van der Waals surface area contributed by atoms with Gasteiger partial charge in [-0.15, -0.1) is 11.3 Å². The molecule has 2 aromatic rings. The van der Waals surface area contributed by atoms with Crippen molar-refractivity contribution >= 4 is 17.2 Å². The van der Waals surface area contributed by atoms with Crippen molar-refractivity contribution in [2.75, 3.05) is 20.8 Å². The number of benzene rings is 1. The molecule has 20 heavy (non-hydrogen) atoms. The molecule has 1 heterocycles. The van der Waals surface area contributed by atoms with Gasteiger partial charge in [-0.1, -0.05) is 0 Å². The van der Waals surface area contributed by atoms with Crippen molar-refractivity contribution < 1.29 is 14.3 Å². The lowest BCUT2D eigenvalue weighted by Crippen LogP contribution is -2.25. The van der Waals surface area contributed by atoms with Crippen LogP contribution in [0.3, 0.4) is 0 Å². The fourth-order valence-electron chi connectivity index (χ4n) is 1.71. The number of hydrogen-bond donors (Lipinski definition) is 1. The van der Waals surface area contributed by atoms with Crippen LogP contribution in [0.4, 0.5) is 0 Å². The van der Waals surface area contributed by atoms with Gasteiger partial charge in [-0.2, -0.15) is 0 Å². The first-order chi connectivity index (χ1) is 9.72. The molecular weight excluding hydrogens is 276 g/mol. The zero-order valence-electron chi connectivity index (χ0n) is 11.4. The highest BCUT2D eigenvalue weighted by Gasteiger charge is 2.09. The molecule has 0 unspecified atom stereocenters. The summed E-state index contributed by atoms with van der Waals surface area (Å²) in [6, 6.07) is 5.10. The van der Waals surface area contributed by atoms with Crippen molar-refractivity contribution in [1.82, 2.24) is 10.3 Å². The topological polar surface area (TPSA) is 60.5 Å². The summed E-state index contributed by atoms with van der Waals surface area (Å²) in [5.41, 5.74) is 2.30. The van der Waals surface area contributed by atoms with E-state index < -0.39 is 0 Å². The van der Waals surface area contributed by atoms with Gasteiger partial charge in [0.25, 0.3) is 5.91 Å². The van der Waals surface area contributed by atoms with E-state index in [1.165, 1.54) is 0 Å². The second-order valence-electron chi connectivity index (χ2n) is 4.07. The summed E-state index contributed by atoms with van der Waals surface area (Å²) in [5.74, 6) is 1.04. The van der Waals surface area contributed by atoms with E-state index in [1.54, 1.807) is 49.3 Å². The third-order valence-corrected chi connectivity index (χ3v) is 3.59. The van der Waals surface area contributed by atoms with Crippen molar-refractivity contribution in [2.45, 2.75) is 6.42 Å². The van der Waals surface area contributed by atoms with Crippen molar-refractivity contribution in [1.29, 1.82) is 0 Å². The summed E-state index contributed by atoms with van der Waals surface area (Å²) in [4.78, 5) is 17.2. The summed E-state index contributed by atoms with van der Waals surface area (Å²) in [6.45, 7) is 0.570. The molecule has 1 aromatic carbocycles. The Labute approximate surface area is 121 Å². The van der Waals surface area contributed by atoms with Gasteiger partial charge >= 0.3 is 0 Å². The first kappa shape index (κ1) is 14.3. The number of hydrogen-bond acceptors (Lipinski definition) is 5. The Bertz CT molecular complexity index is 548. The highest BCUT2D eigenvalue weighted by atomic mass is 32.1. The number of methoxy groups -OCH3 is 2. The number of amides is 1. The molecule has 1 N–H and O–H groups in total. The molecule has 0 spiro atoms. The lowest BCUT2D eigenvalue weighted by atomic mass is 10.2. The smallest absolute Gasteiger partial charge is 0.251 e. The summed E-state index contributed by atoms with van der Waals surface area (Å²) in [5, 5.41) is 2.87. The molecule has 0 aliphatic carbocycles. The molecule has 0 aliphatic heterocycles. The highest BCUT2D eigenvalue weighted by molar-refractivity contribution is 7.09. The van der Waals surface area contributed by atoms with E-state index in [2.05, 4.69) is 10.3 Å². The monoisotopic (exact) mass is 292 g/mol. The van der Waals surface area contributed by atoms with Crippen LogP contribution in [0.1, 0.15) is 15.2 Å². The average Bonchev–Trinajstić information content (AvgIpc) is 2.99. The first-order valence-corrected chi connectivity index (χ1v) is 6.99. The number of carbonyl (C=O) groups excluding carboxylic acids is 1. The number of thiazole rings is 1. The van der Waals surface area contributed by atoms with Crippen LogP contribution in [0, 0.1) is 0 Å². The molecule has 1 amide bonds. The van der Waals surface area contributed by atoms with Crippen LogP contribution in [-0.2, 0) is 6.42 Å². The lowest BCUT2D eigenvalue weighted by molar-refractivity contribution is 0.0953. The van der Waals surface area contributed by atoms with Crippen LogP contribution in [0.25, 0.3) is 0 Å². The van der Waals surface area contributed by atoms with E-state index in [4.69, 9.17) is 9.47 Å². The van der Waals surface area contributed by atoms with Crippen LogP contribution in [0.5, 0.6) is 11.5 Å². The Balaban J connectivity index is 1.97. The van der Waals surface area contributed by atoms with E-state index in [9.17, 15) is 4.79 Å². The van der Waals surface area contributed by atoms with Crippen molar-refractivity contribution in [3.63, 3.8) is 0 Å². The Morgan fingerprint density at radius 2 is 1.95 bits per heavy atom. The Morgan fingerprint density at radius 1 is 1.25 bits per heavy atom. The molecule has 0 fully saturated rings. The molecule has 6 heteroatoms. The fourth-order valence-corrected chi connectivity index (χ4v) is 2.30. The minimum absolute atomic E-state index is 0.147. The predicted molar refractivity (Wildman–Crippen MR) is 77.7 cm³/mol. The second kappa shape index (κ2) is 6.91. The third kappa shape index (κ3) is 3.71. The molecule has 5 nitrogen and oxygen atoms in total. The SMILES string of the molecule is COc1cc(OC)cc(C(=O)NCCc2cncs2)c1. The van der Waals surface area contributed by atoms with Gasteiger partial charge in [-0.3, -0.25) is 9.78 Å². The van der Waals surface area contributed by atoms with Gasteiger partial charge in [0.1, 0.15) is 11.5 Å².